The Morgan fingerprint density at radius 3 is 2.79 bits per heavy atom. The first kappa shape index (κ1) is 17.2. The van der Waals surface area contributed by atoms with Crippen LogP contribution in [-0.2, 0) is 17.6 Å². The van der Waals surface area contributed by atoms with Crippen LogP contribution in [0.5, 0.6) is 0 Å². The molecule has 1 aromatic carbocycles. The first-order valence-electron chi connectivity index (χ1n) is 8.77. The average Bonchev–Trinajstić information content (AvgIpc) is 3.07. The third kappa shape index (κ3) is 3.70. The van der Waals surface area contributed by atoms with Crippen molar-refractivity contribution >= 4 is 17.2 Å². The van der Waals surface area contributed by atoms with E-state index in [1.165, 1.54) is 16.0 Å². The highest BCUT2D eigenvalue weighted by Crippen LogP contribution is 2.32. The summed E-state index contributed by atoms with van der Waals surface area (Å²) in [6, 6.07) is 11.1. The standard InChI is InChI=1S/C20H26N2OS/c1-4-16-5-7-17(8-6-16)14(2)21-20(23)13-22-11-9-19-18(15(22)3)10-12-24-19/h5-8,10,12,14-15H,4,9,11,13H2,1-3H3,(H,21,23). The van der Waals surface area contributed by atoms with Crippen LogP contribution in [0.15, 0.2) is 35.7 Å². The van der Waals surface area contributed by atoms with E-state index in [-0.39, 0.29) is 11.9 Å². The fraction of sp³-hybridized carbons (Fsp3) is 0.450. The minimum Gasteiger partial charge on any atom is -0.348 e. The first-order chi connectivity index (χ1) is 11.6. The molecule has 0 radical (unpaired) electrons. The Labute approximate surface area is 148 Å². The molecule has 1 aliphatic rings. The molecule has 24 heavy (non-hydrogen) atoms. The van der Waals surface area contributed by atoms with Crippen LogP contribution in [0.25, 0.3) is 0 Å². The van der Waals surface area contributed by atoms with Crippen molar-refractivity contribution in [3.8, 4) is 0 Å². The fourth-order valence-electron chi connectivity index (χ4n) is 3.37. The summed E-state index contributed by atoms with van der Waals surface area (Å²) in [5, 5.41) is 5.30. The normalized spacial score (nSPS) is 18.9. The Morgan fingerprint density at radius 1 is 1.33 bits per heavy atom. The minimum absolute atomic E-state index is 0.0419. The number of aryl methyl sites for hydroxylation is 1. The SMILES string of the molecule is CCc1ccc(C(C)NC(=O)CN2CCc3sccc3C2C)cc1. The van der Waals surface area contributed by atoms with E-state index in [2.05, 4.69) is 66.7 Å². The van der Waals surface area contributed by atoms with E-state index in [0.29, 0.717) is 12.6 Å². The summed E-state index contributed by atoms with van der Waals surface area (Å²) in [6.45, 7) is 7.83. The van der Waals surface area contributed by atoms with Crippen molar-refractivity contribution in [3.05, 3.63) is 57.3 Å². The first-order valence-corrected chi connectivity index (χ1v) is 9.65. The van der Waals surface area contributed by atoms with Crippen LogP contribution in [0.1, 0.15) is 54.4 Å². The molecule has 3 rings (SSSR count). The smallest absolute Gasteiger partial charge is 0.234 e. The average molecular weight is 343 g/mol. The van der Waals surface area contributed by atoms with Gasteiger partial charge in [0.2, 0.25) is 5.91 Å². The van der Waals surface area contributed by atoms with Gasteiger partial charge in [-0.25, -0.2) is 0 Å². The minimum atomic E-state index is 0.0419. The van der Waals surface area contributed by atoms with Crippen molar-refractivity contribution in [2.24, 2.45) is 0 Å². The van der Waals surface area contributed by atoms with E-state index in [4.69, 9.17) is 0 Å². The van der Waals surface area contributed by atoms with E-state index < -0.39 is 0 Å². The molecule has 2 atom stereocenters. The van der Waals surface area contributed by atoms with Gasteiger partial charge in [0, 0.05) is 17.5 Å². The molecule has 0 saturated carbocycles. The zero-order valence-corrected chi connectivity index (χ0v) is 15.5. The topological polar surface area (TPSA) is 32.3 Å². The summed E-state index contributed by atoms with van der Waals surface area (Å²) in [4.78, 5) is 16.2. The van der Waals surface area contributed by atoms with Gasteiger partial charge < -0.3 is 5.32 Å². The van der Waals surface area contributed by atoms with Crippen molar-refractivity contribution in [2.75, 3.05) is 13.1 Å². The molecule has 0 spiro atoms. The number of nitrogens with zero attached hydrogens (tertiary/aromatic N) is 1. The van der Waals surface area contributed by atoms with Gasteiger partial charge >= 0.3 is 0 Å². The highest BCUT2D eigenvalue weighted by Gasteiger charge is 2.26. The van der Waals surface area contributed by atoms with E-state index in [1.807, 2.05) is 11.3 Å². The van der Waals surface area contributed by atoms with Crippen LogP contribution in [0.3, 0.4) is 0 Å². The van der Waals surface area contributed by atoms with Crippen LogP contribution in [0.4, 0.5) is 0 Å². The monoisotopic (exact) mass is 342 g/mol. The highest BCUT2D eigenvalue weighted by atomic mass is 32.1. The second-order valence-corrected chi connectivity index (χ2v) is 7.58. The Balaban J connectivity index is 1.57. The van der Waals surface area contributed by atoms with Crippen molar-refractivity contribution in [1.82, 2.24) is 10.2 Å². The van der Waals surface area contributed by atoms with Crippen molar-refractivity contribution < 1.29 is 4.79 Å². The summed E-state index contributed by atoms with van der Waals surface area (Å²) in [5.41, 5.74) is 3.88. The third-order valence-corrected chi connectivity index (χ3v) is 6.01. The maximum absolute atomic E-state index is 12.5. The van der Waals surface area contributed by atoms with Crippen LogP contribution in [0.2, 0.25) is 0 Å². The number of carbonyl (C=O) groups excluding carboxylic acids is 1. The molecule has 0 saturated heterocycles. The lowest BCUT2D eigenvalue weighted by Gasteiger charge is -2.33. The van der Waals surface area contributed by atoms with E-state index in [0.717, 1.165) is 24.9 Å². The molecule has 1 aliphatic heterocycles. The Hall–Kier alpha value is -1.65. The molecule has 0 bridgehead atoms. The Bertz CT molecular complexity index is 692. The largest absolute Gasteiger partial charge is 0.348 e. The lowest BCUT2D eigenvalue weighted by molar-refractivity contribution is -0.123. The van der Waals surface area contributed by atoms with Crippen LogP contribution in [0, 0.1) is 0 Å². The number of hydrogen-bond donors (Lipinski definition) is 1. The van der Waals surface area contributed by atoms with Crippen LogP contribution >= 0.6 is 11.3 Å². The molecule has 2 unspecified atom stereocenters. The highest BCUT2D eigenvalue weighted by molar-refractivity contribution is 7.10. The zero-order chi connectivity index (χ0) is 17.1. The number of rotatable bonds is 5. The molecule has 1 amide bonds. The van der Waals surface area contributed by atoms with Gasteiger partial charge in [-0.2, -0.15) is 0 Å². The molecular formula is C20H26N2OS. The molecule has 3 nitrogen and oxygen atoms in total. The number of benzene rings is 1. The predicted molar refractivity (Wildman–Crippen MR) is 100 cm³/mol. The third-order valence-electron chi connectivity index (χ3n) is 5.02. The van der Waals surface area contributed by atoms with Gasteiger partial charge in [-0.05, 0) is 54.8 Å². The maximum atomic E-state index is 12.5. The molecular weight excluding hydrogens is 316 g/mol. The van der Waals surface area contributed by atoms with Gasteiger partial charge in [-0.3, -0.25) is 9.69 Å². The lowest BCUT2D eigenvalue weighted by Crippen LogP contribution is -2.42. The van der Waals surface area contributed by atoms with Crippen LogP contribution in [-0.4, -0.2) is 23.9 Å². The molecule has 2 heterocycles. The Kier molecular flexibility index (Phi) is 5.36. The maximum Gasteiger partial charge on any atom is 0.234 e. The van der Waals surface area contributed by atoms with Gasteiger partial charge in [0.05, 0.1) is 12.6 Å². The summed E-state index contributed by atoms with van der Waals surface area (Å²) < 4.78 is 0. The number of carbonyl (C=O) groups is 1. The summed E-state index contributed by atoms with van der Waals surface area (Å²) in [5.74, 6) is 0.104. The Morgan fingerprint density at radius 2 is 2.08 bits per heavy atom. The molecule has 128 valence electrons. The second kappa shape index (κ2) is 7.49. The summed E-state index contributed by atoms with van der Waals surface area (Å²) >= 11 is 1.83. The van der Waals surface area contributed by atoms with Gasteiger partial charge in [0.1, 0.15) is 0 Å². The number of thiophene rings is 1. The van der Waals surface area contributed by atoms with Crippen molar-refractivity contribution in [2.45, 2.75) is 45.7 Å². The summed E-state index contributed by atoms with van der Waals surface area (Å²) in [7, 11) is 0. The predicted octanol–water partition coefficient (Wildman–Crippen LogP) is 4.11. The molecule has 4 heteroatoms. The number of amides is 1. The number of fused-ring (bicyclic) bond motifs is 1. The number of nitrogens with one attached hydrogen (secondary N) is 1. The van der Waals surface area contributed by atoms with Crippen LogP contribution < -0.4 is 5.32 Å². The lowest BCUT2D eigenvalue weighted by atomic mass is 10.0. The van der Waals surface area contributed by atoms with Gasteiger partial charge in [0.15, 0.2) is 0 Å². The zero-order valence-electron chi connectivity index (χ0n) is 14.7. The number of hydrogen-bond acceptors (Lipinski definition) is 3. The fourth-order valence-corrected chi connectivity index (χ4v) is 4.34. The molecule has 1 aromatic heterocycles. The van der Waals surface area contributed by atoms with Gasteiger partial charge in [-0.1, -0.05) is 31.2 Å². The molecule has 0 fully saturated rings. The van der Waals surface area contributed by atoms with E-state index >= 15 is 0 Å². The quantitative estimate of drug-likeness (QED) is 0.887. The summed E-state index contributed by atoms with van der Waals surface area (Å²) in [6.07, 6.45) is 2.09. The van der Waals surface area contributed by atoms with E-state index in [1.54, 1.807) is 0 Å². The van der Waals surface area contributed by atoms with Crippen molar-refractivity contribution in [3.63, 3.8) is 0 Å². The van der Waals surface area contributed by atoms with Gasteiger partial charge in [0.25, 0.3) is 0 Å². The molecule has 1 N–H and O–H groups in total. The molecule has 0 aliphatic carbocycles. The van der Waals surface area contributed by atoms with Gasteiger partial charge in [-0.15, -0.1) is 11.3 Å². The molecule has 2 aromatic rings. The van der Waals surface area contributed by atoms with E-state index in [9.17, 15) is 4.79 Å². The second-order valence-electron chi connectivity index (χ2n) is 6.58. The van der Waals surface area contributed by atoms with Crippen molar-refractivity contribution in [1.29, 1.82) is 0 Å².